The maximum atomic E-state index is 13.0. The molecule has 15 heavy (non-hydrogen) atoms. The molecule has 2 N–H and O–H groups in total. The van der Waals surface area contributed by atoms with Gasteiger partial charge in [-0.3, -0.25) is 0 Å². The molecule has 2 nitrogen and oxygen atoms in total. The fourth-order valence-electron chi connectivity index (χ4n) is 1.62. The molecule has 3 heteroatoms. The smallest absolute Gasteiger partial charge is 0.123 e. The van der Waals surface area contributed by atoms with E-state index in [0.29, 0.717) is 5.82 Å². The summed E-state index contributed by atoms with van der Waals surface area (Å²) in [6, 6.07) is 8.37. The first-order chi connectivity index (χ1) is 7.20. The Morgan fingerprint density at radius 2 is 2.07 bits per heavy atom. The molecule has 0 amide bonds. The third-order valence-corrected chi connectivity index (χ3v) is 2.43. The number of hydrogen-bond acceptors (Lipinski definition) is 1. The molecule has 0 aliphatic rings. The molecule has 0 fully saturated rings. The quantitative estimate of drug-likeness (QED) is 0.801. The molecular formula is C12H13FN2. The molecule has 1 aromatic heterocycles. The molecule has 1 aromatic carbocycles. The summed E-state index contributed by atoms with van der Waals surface area (Å²) < 4.78 is 14.9. The highest BCUT2D eigenvalue weighted by atomic mass is 19.1. The van der Waals surface area contributed by atoms with Gasteiger partial charge in [-0.2, -0.15) is 0 Å². The van der Waals surface area contributed by atoms with E-state index in [1.165, 1.54) is 12.1 Å². The second kappa shape index (κ2) is 3.77. The summed E-state index contributed by atoms with van der Waals surface area (Å²) in [5.74, 6) is 0.479. The van der Waals surface area contributed by atoms with Crippen molar-refractivity contribution in [3.05, 3.63) is 42.3 Å². The van der Waals surface area contributed by atoms with Crippen LogP contribution in [0.4, 0.5) is 10.2 Å². The maximum absolute atomic E-state index is 13.0. The molecule has 78 valence electrons. The van der Waals surface area contributed by atoms with Crippen molar-refractivity contribution in [1.82, 2.24) is 4.57 Å². The Bertz CT molecular complexity index is 474. The van der Waals surface area contributed by atoms with E-state index >= 15 is 0 Å². The molecule has 0 atom stereocenters. The summed E-state index contributed by atoms with van der Waals surface area (Å²) in [5, 5.41) is 0. The standard InChI is InChI=1S/C12H13FN2/c1-2-15-8-10(7-12(15)14)9-4-3-5-11(13)6-9/h3-8H,2,14H2,1H3. The predicted molar refractivity (Wildman–Crippen MR) is 59.9 cm³/mol. The van der Waals surface area contributed by atoms with Gasteiger partial charge >= 0.3 is 0 Å². The van der Waals surface area contributed by atoms with Gasteiger partial charge in [-0.25, -0.2) is 4.39 Å². The minimum absolute atomic E-state index is 0.227. The Morgan fingerprint density at radius 1 is 1.27 bits per heavy atom. The minimum Gasteiger partial charge on any atom is -0.385 e. The monoisotopic (exact) mass is 204 g/mol. The first kappa shape index (κ1) is 9.77. The Hall–Kier alpha value is -1.77. The molecule has 0 saturated carbocycles. The third kappa shape index (κ3) is 1.86. The van der Waals surface area contributed by atoms with Gasteiger partial charge in [0.15, 0.2) is 0 Å². The summed E-state index contributed by atoms with van der Waals surface area (Å²) in [4.78, 5) is 0. The Labute approximate surface area is 88.1 Å². The van der Waals surface area contributed by atoms with Gasteiger partial charge in [0.05, 0.1) is 0 Å². The van der Waals surface area contributed by atoms with E-state index in [1.54, 1.807) is 6.07 Å². The van der Waals surface area contributed by atoms with Crippen LogP contribution in [0, 0.1) is 5.82 Å². The van der Waals surface area contributed by atoms with Crippen LogP contribution in [-0.4, -0.2) is 4.57 Å². The lowest BCUT2D eigenvalue weighted by Crippen LogP contribution is -1.97. The third-order valence-electron chi connectivity index (χ3n) is 2.43. The van der Waals surface area contributed by atoms with Gasteiger partial charge in [0, 0.05) is 18.3 Å². The van der Waals surface area contributed by atoms with Crippen molar-refractivity contribution in [2.75, 3.05) is 5.73 Å². The molecule has 1 heterocycles. The van der Waals surface area contributed by atoms with Gasteiger partial charge in [-0.1, -0.05) is 12.1 Å². The van der Waals surface area contributed by atoms with E-state index in [9.17, 15) is 4.39 Å². The van der Waals surface area contributed by atoms with Gasteiger partial charge in [0.2, 0.25) is 0 Å². The number of benzene rings is 1. The van der Waals surface area contributed by atoms with E-state index in [1.807, 2.05) is 29.8 Å². The number of nitrogens with two attached hydrogens (primary N) is 1. The number of aryl methyl sites for hydroxylation is 1. The van der Waals surface area contributed by atoms with Crippen molar-refractivity contribution in [3.63, 3.8) is 0 Å². The predicted octanol–water partition coefficient (Wildman–Crippen LogP) is 2.90. The molecular weight excluding hydrogens is 191 g/mol. The van der Waals surface area contributed by atoms with Crippen LogP contribution in [0.3, 0.4) is 0 Å². The van der Waals surface area contributed by atoms with Gasteiger partial charge in [0.1, 0.15) is 11.6 Å². The van der Waals surface area contributed by atoms with Crippen molar-refractivity contribution in [1.29, 1.82) is 0 Å². The summed E-state index contributed by atoms with van der Waals surface area (Å²) in [7, 11) is 0. The highest BCUT2D eigenvalue weighted by Gasteiger charge is 2.04. The highest BCUT2D eigenvalue weighted by Crippen LogP contribution is 2.23. The lowest BCUT2D eigenvalue weighted by Gasteiger charge is -1.98. The zero-order chi connectivity index (χ0) is 10.8. The molecule has 0 bridgehead atoms. The summed E-state index contributed by atoms with van der Waals surface area (Å²) in [6.07, 6.45) is 1.93. The van der Waals surface area contributed by atoms with Crippen LogP contribution in [0.25, 0.3) is 11.1 Å². The lowest BCUT2D eigenvalue weighted by molar-refractivity contribution is 0.628. The molecule has 0 aliphatic carbocycles. The van der Waals surface area contributed by atoms with Crippen molar-refractivity contribution < 1.29 is 4.39 Å². The number of rotatable bonds is 2. The van der Waals surface area contributed by atoms with Crippen LogP contribution < -0.4 is 5.73 Å². The number of halogens is 1. The lowest BCUT2D eigenvalue weighted by atomic mass is 10.1. The number of aromatic nitrogens is 1. The molecule has 0 unspecified atom stereocenters. The Balaban J connectivity index is 2.45. The SMILES string of the molecule is CCn1cc(-c2cccc(F)c2)cc1N. The highest BCUT2D eigenvalue weighted by molar-refractivity contribution is 5.66. The second-order valence-electron chi connectivity index (χ2n) is 3.45. The molecule has 0 radical (unpaired) electrons. The van der Waals surface area contributed by atoms with E-state index in [4.69, 9.17) is 5.73 Å². The van der Waals surface area contributed by atoms with Crippen LogP contribution >= 0.6 is 0 Å². The molecule has 2 aromatic rings. The normalized spacial score (nSPS) is 10.5. The summed E-state index contributed by atoms with van der Waals surface area (Å²) in [6.45, 7) is 2.84. The Kier molecular flexibility index (Phi) is 2.46. The maximum Gasteiger partial charge on any atom is 0.123 e. The average molecular weight is 204 g/mol. The summed E-state index contributed by atoms with van der Waals surface area (Å²) >= 11 is 0. The van der Waals surface area contributed by atoms with Crippen molar-refractivity contribution >= 4 is 5.82 Å². The zero-order valence-electron chi connectivity index (χ0n) is 8.57. The minimum atomic E-state index is -0.227. The first-order valence-corrected chi connectivity index (χ1v) is 4.92. The zero-order valence-corrected chi connectivity index (χ0v) is 8.57. The van der Waals surface area contributed by atoms with Gasteiger partial charge < -0.3 is 10.3 Å². The van der Waals surface area contributed by atoms with Crippen molar-refractivity contribution in [3.8, 4) is 11.1 Å². The van der Waals surface area contributed by atoms with E-state index in [-0.39, 0.29) is 5.82 Å². The summed E-state index contributed by atoms with van der Waals surface area (Å²) in [5.41, 5.74) is 7.60. The topological polar surface area (TPSA) is 30.9 Å². The molecule has 0 saturated heterocycles. The van der Waals surface area contributed by atoms with E-state index in [2.05, 4.69) is 0 Å². The van der Waals surface area contributed by atoms with E-state index in [0.717, 1.165) is 17.7 Å². The molecule has 0 aliphatic heterocycles. The van der Waals surface area contributed by atoms with Crippen molar-refractivity contribution in [2.45, 2.75) is 13.5 Å². The molecule has 2 rings (SSSR count). The number of nitrogen functional groups attached to an aromatic ring is 1. The average Bonchev–Trinajstić information content (AvgIpc) is 2.60. The Morgan fingerprint density at radius 3 is 2.67 bits per heavy atom. The fraction of sp³-hybridized carbons (Fsp3) is 0.167. The van der Waals surface area contributed by atoms with Crippen LogP contribution in [0.5, 0.6) is 0 Å². The van der Waals surface area contributed by atoms with Crippen LogP contribution in [-0.2, 0) is 6.54 Å². The van der Waals surface area contributed by atoms with Crippen LogP contribution in [0.2, 0.25) is 0 Å². The van der Waals surface area contributed by atoms with Gasteiger partial charge in [-0.15, -0.1) is 0 Å². The van der Waals surface area contributed by atoms with Crippen LogP contribution in [0.15, 0.2) is 36.5 Å². The van der Waals surface area contributed by atoms with Crippen molar-refractivity contribution in [2.24, 2.45) is 0 Å². The van der Waals surface area contributed by atoms with Gasteiger partial charge in [-0.05, 0) is 30.7 Å². The largest absolute Gasteiger partial charge is 0.385 e. The van der Waals surface area contributed by atoms with Crippen LogP contribution in [0.1, 0.15) is 6.92 Å². The number of nitrogens with zero attached hydrogens (tertiary/aromatic N) is 1. The molecule has 0 spiro atoms. The number of anilines is 1. The first-order valence-electron chi connectivity index (χ1n) is 4.92. The number of hydrogen-bond donors (Lipinski definition) is 1. The van der Waals surface area contributed by atoms with E-state index < -0.39 is 0 Å². The van der Waals surface area contributed by atoms with Gasteiger partial charge in [0.25, 0.3) is 0 Å². The second-order valence-corrected chi connectivity index (χ2v) is 3.45. The fourth-order valence-corrected chi connectivity index (χ4v) is 1.62.